The van der Waals surface area contributed by atoms with Gasteiger partial charge >= 0.3 is 0 Å². The molecule has 1 unspecified atom stereocenters. The van der Waals surface area contributed by atoms with Crippen LogP contribution in [0.15, 0.2) is 72.5 Å². The van der Waals surface area contributed by atoms with Crippen molar-refractivity contribution in [2.24, 2.45) is 5.92 Å². The third-order valence-electron chi connectivity index (χ3n) is 4.25. The van der Waals surface area contributed by atoms with Crippen molar-refractivity contribution in [3.8, 4) is 23.5 Å². The Bertz CT molecular complexity index is 804. The summed E-state index contributed by atoms with van der Waals surface area (Å²) in [6.45, 7) is 4.49. The quantitative estimate of drug-likeness (QED) is 0.738. The molecule has 1 heteroatoms. The van der Waals surface area contributed by atoms with E-state index in [1.54, 1.807) is 0 Å². The molecule has 1 aliphatic rings. The molecule has 1 heterocycles. The number of nitrogens with one attached hydrogen (secondary N) is 1. The highest BCUT2D eigenvalue weighted by molar-refractivity contribution is 5.66. The van der Waals surface area contributed by atoms with Crippen LogP contribution in [-0.2, 0) is 0 Å². The van der Waals surface area contributed by atoms with E-state index in [1.165, 1.54) is 16.7 Å². The maximum absolute atomic E-state index is 5.74. The molecular weight excluding hydrogens is 290 g/mol. The van der Waals surface area contributed by atoms with Crippen LogP contribution in [0.25, 0.3) is 11.1 Å². The lowest BCUT2D eigenvalue weighted by Crippen LogP contribution is -2.18. The van der Waals surface area contributed by atoms with Gasteiger partial charge in [-0.1, -0.05) is 62.2 Å². The molecule has 0 bridgehead atoms. The molecule has 0 spiro atoms. The van der Waals surface area contributed by atoms with E-state index >= 15 is 0 Å². The fourth-order valence-electron chi connectivity index (χ4n) is 3.13. The normalized spacial score (nSPS) is 16.4. The van der Waals surface area contributed by atoms with Gasteiger partial charge in [-0.15, -0.1) is 6.42 Å². The molecule has 0 radical (unpaired) electrons. The van der Waals surface area contributed by atoms with E-state index in [-0.39, 0.29) is 6.04 Å². The molecule has 1 aliphatic heterocycles. The largest absolute Gasteiger partial charge is 0.381 e. The molecule has 1 nitrogen and oxygen atoms in total. The molecule has 1 N–H and O–H groups in total. The first kappa shape index (κ1) is 16.1. The number of hydrogen-bond donors (Lipinski definition) is 1. The number of dihydropyridines is 1. The Hall–Kier alpha value is -2.72. The van der Waals surface area contributed by atoms with E-state index < -0.39 is 0 Å². The van der Waals surface area contributed by atoms with E-state index in [1.807, 2.05) is 18.3 Å². The van der Waals surface area contributed by atoms with E-state index in [9.17, 15) is 0 Å². The van der Waals surface area contributed by atoms with E-state index in [0.29, 0.717) is 5.92 Å². The van der Waals surface area contributed by atoms with Crippen molar-refractivity contribution in [1.29, 1.82) is 0 Å². The summed E-state index contributed by atoms with van der Waals surface area (Å²) in [5, 5.41) is 3.44. The maximum atomic E-state index is 5.74. The minimum Gasteiger partial charge on any atom is -0.381 e. The molecule has 1 atom stereocenters. The molecule has 120 valence electrons. The number of allylic oxidation sites excluding steroid dienone is 2. The fourth-order valence-corrected chi connectivity index (χ4v) is 3.13. The number of benzene rings is 2. The summed E-state index contributed by atoms with van der Waals surface area (Å²) in [5.74, 6) is 3.47. The summed E-state index contributed by atoms with van der Waals surface area (Å²) >= 11 is 0. The van der Waals surface area contributed by atoms with Crippen molar-refractivity contribution in [3.63, 3.8) is 0 Å². The lowest BCUT2D eigenvalue weighted by Gasteiger charge is -2.22. The summed E-state index contributed by atoms with van der Waals surface area (Å²) in [6.07, 6.45) is 13.3. The van der Waals surface area contributed by atoms with Gasteiger partial charge in [0, 0.05) is 5.56 Å². The van der Waals surface area contributed by atoms with Gasteiger partial charge in [0.05, 0.1) is 6.04 Å². The molecule has 0 fully saturated rings. The summed E-state index contributed by atoms with van der Waals surface area (Å²) in [4.78, 5) is 0. The molecule has 0 aromatic heterocycles. The minimum absolute atomic E-state index is 0.124. The zero-order chi connectivity index (χ0) is 16.9. The first-order chi connectivity index (χ1) is 11.7. The maximum Gasteiger partial charge on any atom is 0.0710 e. The van der Waals surface area contributed by atoms with Crippen molar-refractivity contribution in [2.45, 2.75) is 26.3 Å². The van der Waals surface area contributed by atoms with Gasteiger partial charge in [0.2, 0.25) is 0 Å². The van der Waals surface area contributed by atoms with Crippen molar-refractivity contribution >= 4 is 0 Å². The summed E-state index contributed by atoms with van der Waals surface area (Å²) in [5.41, 5.74) is 5.87. The standard InChI is InChI=1S/C23H23N/c1-4-19-10-11-21(20-8-6-5-7-9-20)16-22(19)23-15-18(12-13-24-23)14-17(2)3/h1,5-13,15-17,23-24H,14H2,2-3H3. The Balaban J connectivity index is 1.99. The zero-order valence-corrected chi connectivity index (χ0v) is 14.3. The van der Waals surface area contributed by atoms with Crippen LogP contribution in [-0.4, -0.2) is 0 Å². The van der Waals surface area contributed by atoms with Crippen LogP contribution in [0.5, 0.6) is 0 Å². The van der Waals surface area contributed by atoms with Crippen LogP contribution >= 0.6 is 0 Å². The molecule has 0 saturated heterocycles. The Labute approximate surface area is 145 Å². The molecule has 0 saturated carbocycles. The molecule has 2 aromatic rings. The highest BCUT2D eigenvalue weighted by Gasteiger charge is 2.16. The van der Waals surface area contributed by atoms with Gasteiger partial charge in [0.1, 0.15) is 0 Å². The number of hydrogen-bond acceptors (Lipinski definition) is 1. The van der Waals surface area contributed by atoms with Gasteiger partial charge in [-0.2, -0.15) is 0 Å². The molecular formula is C23H23N. The first-order valence-electron chi connectivity index (χ1n) is 8.46. The second-order valence-electron chi connectivity index (χ2n) is 6.63. The van der Waals surface area contributed by atoms with Crippen LogP contribution in [0.4, 0.5) is 0 Å². The smallest absolute Gasteiger partial charge is 0.0710 e. The average molecular weight is 313 g/mol. The lowest BCUT2D eigenvalue weighted by molar-refractivity contribution is 0.634. The topological polar surface area (TPSA) is 12.0 Å². The molecule has 0 amide bonds. The molecule has 3 rings (SSSR count). The zero-order valence-electron chi connectivity index (χ0n) is 14.3. The van der Waals surface area contributed by atoms with Crippen LogP contribution in [0, 0.1) is 18.3 Å². The van der Waals surface area contributed by atoms with Gasteiger partial charge in [-0.25, -0.2) is 0 Å². The van der Waals surface area contributed by atoms with Crippen molar-refractivity contribution < 1.29 is 0 Å². The Morgan fingerprint density at radius 3 is 2.58 bits per heavy atom. The second kappa shape index (κ2) is 7.23. The predicted molar refractivity (Wildman–Crippen MR) is 102 cm³/mol. The minimum atomic E-state index is 0.124. The van der Waals surface area contributed by atoms with Crippen LogP contribution in [0.3, 0.4) is 0 Å². The van der Waals surface area contributed by atoms with Crippen molar-refractivity contribution in [2.75, 3.05) is 0 Å². The Kier molecular flexibility index (Phi) is 4.87. The van der Waals surface area contributed by atoms with Crippen molar-refractivity contribution in [3.05, 3.63) is 83.6 Å². The molecule has 0 aliphatic carbocycles. The summed E-state index contributed by atoms with van der Waals surface area (Å²) in [7, 11) is 0. The third kappa shape index (κ3) is 3.60. The van der Waals surface area contributed by atoms with Gasteiger partial charge in [0.15, 0.2) is 0 Å². The van der Waals surface area contributed by atoms with Gasteiger partial charge in [-0.05, 0) is 59.0 Å². The molecule has 24 heavy (non-hydrogen) atoms. The van der Waals surface area contributed by atoms with Gasteiger partial charge in [0.25, 0.3) is 0 Å². The van der Waals surface area contributed by atoms with Crippen LogP contribution in [0.2, 0.25) is 0 Å². The van der Waals surface area contributed by atoms with Gasteiger partial charge < -0.3 is 5.32 Å². The fraction of sp³-hybridized carbons (Fsp3) is 0.217. The van der Waals surface area contributed by atoms with Crippen LogP contribution in [0.1, 0.15) is 37.4 Å². The van der Waals surface area contributed by atoms with Gasteiger partial charge in [-0.3, -0.25) is 0 Å². The van der Waals surface area contributed by atoms with E-state index in [2.05, 4.69) is 73.6 Å². The molecule has 2 aromatic carbocycles. The first-order valence-corrected chi connectivity index (χ1v) is 8.46. The number of terminal acetylenes is 1. The van der Waals surface area contributed by atoms with E-state index in [0.717, 1.165) is 17.5 Å². The summed E-state index contributed by atoms with van der Waals surface area (Å²) in [6, 6.07) is 16.9. The second-order valence-corrected chi connectivity index (χ2v) is 6.63. The third-order valence-corrected chi connectivity index (χ3v) is 4.25. The average Bonchev–Trinajstić information content (AvgIpc) is 2.61. The van der Waals surface area contributed by atoms with E-state index in [4.69, 9.17) is 6.42 Å². The highest BCUT2D eigenvalue weighted by atomic mass is 14.9. The van der Waals surface area contributed by atoms with Crippen LogP contribution < -0.4 is 5.32 Å². The Morgan fingerprint density at radius 2 is 1.88 bits per heavy atom. The monoisotopic (exact) mass is 313 g/mol. The Morgan fingerprint density at radius 1 is 1.08 bits per heavy atom. The lowest BCUT2D eigenvalue weighted by atomic mass is 9.91. The van der Waals surface area contributed by atoms with Crippen molar-refractivity contribution in [1.82, 2.24) is 5.32 Å². The SMILES string of the molecule is C#Cc1ccc(-c2ccccc2)cc1C1C=C(CC(C)C)C=CN1. The highest BCUT2D eigenvalue weighted by Crippen LogP contribution is 2.29. The number of rotatable bonds is 4. The summed E-state index contributed by atoms with van der Waals surface area (Å²) < 4.78 is 0. The predicted octanol–water partition coefficient (Wildman–Crippen LogP) is 5.47.